The minimum atomic E-state index is -0.207. The molecule has 2 fully saturated rings. The number of hydrogen-bond donors (Lipinski definition) is 1. The Labute approximate surface area is 153 Å². The first kappa shape index (κ1) is 15.9. The van der Waals surface area contributed by atoms with Crippen LogP contribution < -0.4 is 10.1 Å². The van der Waals surface area contributed by atoms with E-state index >= 15 is 0 Å². The van der Waals surface area contributed by atoms with Gasteiger partial charge in [0.15, 0.2) is 0 Å². The number of rotatable bonds is 2. The van der Waals surface area contributed by atoms with Gasteiger partial charge in [-0.2, -0.15) is 0 Å². The van der Waals surface area contributed by atoms with E-state index in [0.29, 0.717) is 6.04 Å². The van der Waals surface area contributed by atoms with Crippen molar-refractivity contribution < 1.29 is 14.3 Å². The van der Waals surface area contributed by atoms with E-state index in [4.69, 9.17) is 9.47 Å². The molecule has 1 aromatic carbocycles. The van der Waals surface area contributed by atoms with Crippen molar-refractivity contribution >= 4 is 11.7 Å². The van der Waals surface area contributed by atoms with Crippen LogP contribution >= 0.6 is 0 Å². The monoisotopic (exact) mass is 352 g/mol. The number of esters is 1. The molecule has 3 heterocycles. The van der Waals surface area contributed by atoms with Gasteiger partial charge in [0.2, 0.25) is 0 Å². The van der Waals surface area contributed by atoms with Crippen LogP contribution in [0.15, 0.2) is 41.1 Å². The molecule has 1 spiro atoms. The topological polar surface area (TPSA) is 50.8 Å². The number of nitrogens with one attached hydrogen (secondary N) is 1. The highest BCUT2D eigenvalue weighted by Crippen LogP contribution is 2.62. The van der Waals surface area contributed by atoms with E-state index in [1.165, 1.54) is 18.2 Å². The molecule has 5 nitrogen and oxygen atoms in total. The van der Waals surface area contributed by atoms with Crippen LogP contribution in [0.3, 0.4) is 0 Å². The van der Waals surface area contributed by atoms with Crippen LogP contribution in [0.5, 0.6) is 5.75 Å². The quantitative estimate of drug-likeness (QED) is 0.655. The van der Waals surface area contributed by atoms with Crippen molar-refractivity contribution in [1.82, 2.24) is 4.90 Å². The molecule has 0 aromatic heterocycles. The third-order valence-electron chi connectivity index (χ3n) is 6.91. The first-order chi connectivity index (χ1) is 12.7. The molecule has 2 bridgehead atoms. The Kier molecular flexibility index (Phi) is 3.29. The van der Waals surface area contributed by atoms with E-state index in [1.54, 1.807) is 7.11 Å². The van der Waals surface area contributed by atoms with Crippen LogP contribution in [0.4, 0.5) is 5.69 Å². The summed E-state index contributed by atoms with van der Waals surface area (Å²) >= 11 is 0. The van der Waals surface area contributed by atoms with Gasteiger partial charge >= 0.3 is 5.97 Å². The van der Waals surface area contributed by atoms with Crippen molar-refractivity contribution in [3.8, 4) is 5.75 Å². The van der Waals surface area contributed by atoms with Crippen molar-refractivity contribution in [3.05, 3.63) is 46.7 Å². The summed E-state index contributed by atoms with van der Waals surface area (Å²) in [5, 5.41) is 3.61. The third kappa shape index (κ3) is 1.72. The van der Waals surface area contributed by atoms with E-state index in [1.807, 2.05) is 6.07 Å². The fourth-order valence-corrected chi connectivity index (χ4v) is 5.82. The number of ether oxygens (including phenoxy) is 2. The van der Waals surface area contributed by atoms with Crippen LogP contribution in [0, 0.1) is 5.92 Å². The predicted octanol–water partition coefficient (Wildman–Crippen LogP) is 2.84. The summed E-state index contributed by atoms with van der Waals surface area (Å²) in [6.45, 7) is 4.07. The number of hydrogen-bond acceptors (Lipinski definition) is 5. The SMILES string of the molecule is C/C=C1\CN2CC[C@]34C(=C(C(=O)OC)[C@H]1C[C@H]23)Nc1c(OC)cccc14. The van der Waals surface area contributed by atoms with Crippen LogP contribution in [-0.2, 0) is 14.9 Å². The number of carbonyl (C=O) groups excluding carboxylic acids is 1. The maximum absolute atomic E-state index is 12.9. The molecule has 0 unspecified atom stereocenters. The Hall–Kier alpha value is -2.27. The van der Waals surface area contributed by atoms with Gasteiger partial charge in [0.1, 0.15) is 5.75 Å². The third-order valence-corrected chi connectivity index (χ3v) is 6.91. The highest BCUT2D eigenvalue weighted by Gasteiger charge is 2.62. The highest BCUT2D eigenvalue weighted by atomic mass is 16.5. The van der Waals surface area contributed by atoms with Gasteiger partial charge in [0, 0.05) is 30.7 Å². The van der Waals surface area contributed by atoms with E-state index in [9.17, 15) is 4.79 Å². The van der Waals surface area contributed by atoms with Gasteiger partial charge < -0.3 is 14.8 Å². The van der Waals surface area contributed by atoms with Gasteiger partial charge in [-0.3, -0.25) is 4.90 Å². The van der Waals surface area contributed by atoms with E-state index in [-0.39, 0.29) is 17.3 Å². The van der Waals surface area contributed by atoms with Crippen LogP contribution in [0.1, 0.15) is 25.3 Å². The number of nitrogens with zero attached hydrogens (tertiary/aromatic N) is 1. The zero-order valence-electron chi connectivity index (χ0n) is 15.5. The van der Waals surface area contributed by atoms with Crippen molar-refractivity contribution in [2.45, 2.75) is 31.2 Å². The molecule has 5 heteroatoms. The lowest BCUT2D eigenvalue weighted by Gasteiger charge is -2.48. The Morgan fingerprint density at radius 3 is 2.96 bits per heavy atom. The maximum atomic E-state index is 12.9. The lowest BCUT2D eigenvalue weighted by Crippen LogP contribution is -2.53. The van der Waals surface area contributed by atoms with Crippen molar-refractivity contribution in [2.24, 2.45) is 5.92 Å². The lowest BCUT2D eigenvalue weighted by atomic mass is 9.62. The van der Waals surface area contributed by atoms with E-state index < -0.39 is 0 Å². The van der Waals surface area contributed by atoms with Gasteiger partial charge in [-0.15, -0.1) is 0 Å². The second kappa shape index (κ2) is 5.36. The summed E-state index contributed by atoms with van der Waals surface area (Å²) in [7, 11) is 3.18. The van der Waals surface area contributed by atoms with Crippen LogP contribution in [-0.4, -0.2) is 44.2 Å². The minimum absolute atomic E-state index is 0.141. The predicted molar refractivity (Wildman–Crippen MR) is 99.2 cm³/mol. The summed E-state index contributed by atoms with van der Waals surface area (Å²) in [5.41, 5.74) is 5.33. The summed E-state index contributed by atoms with van der Waals surface area (Å²) in [6, 6.07) is 6.65. The second-order valence-corrected chi connectivity index (χ2v) is 7.65. The Morgan fingerprint density at radius 2 is 2.23 bits per heavy atom. The van der Waals surface area contributed by atoms with Crippen molar-refractivity contribution in [3.63, 3.8) is 0 Å². The standard InChI is InChI=1S/C21H24N2O3/c1-4-12-11-23-9-8-21-14-6-5-7-15(25-2)18(14)22-19(21)17(20(24)26-3)13(12)10-16(21)23/h4-7,13,16,22H,8-11H2,1-3H3/b12-4+/t13-,16-,21+/m0/s1. The number of para-hydroxylation sites is 1. The summed E-state index contributed by atoms with van der Waals surface area (Å²) in [6.07, 6.45) is 4.18. The highest BCUT2D eigenvalue weighted by molar-refractivity contribution is 5.94. The molecule has 26 heavy (non-hydrogen) atoms. The molecule has 1 aliphatic carbocycles. The van der Waals surface area contributed by atoms with Crippen LogP contribution in [0.2, 0.25) is 0 Å². The fraction of sp³-hybridized carbons (Fsp3) is 0.476. The van der Waals surface area contributed by atoms with E-state index in [2.05, 4.69) is 35.3 Å². The number of fused-ring (bicyclic) bond motifs is 2. The number of allylic oxidation sites excluding steroid dienone is 1. The Balaban J connectivity index is 1.82. The lowest BCUT2D eigenvalue weighted by molar-refractivity contribution is -0.137. The number of piperidine rings is 1. The van der Waals surface area contributed by atoms with Crippen molar-refractivity contribution in [2.75, 3.05) is 32.6 Å². The first-order valence-corrected chi connectivity index (χ1v) is 9.32. The average Bonchev–Trinajstić information content (AvgIpc) is 3.23. The molecule has 1 aromatic rings. The average molecular weight is 352 g/mol. The Bertz CT molecular complexity index is 872. The smallest absolute Gasteiger partial charge is 0.336 e. The molecule has 4 aliphatic rings. The zero-order valence-corrected chi connectivity index (χ0v) is 15.5. The van der Waals surface area contributed by atoms with Crippen LogP contribution in [0.25, 0.3) is 0 Å². The fourth-order valence-electron chi connectivity index (χ4n) is 5.82. The molecule has 1 N–H and O–H groups in total. The zero-order chi connectivity index (χ0) is 18.1. The van der Waals surface area contributed by atoms with Gasteiger partial charge in [0.05, 0.1) is 30.9 Å². The minimum Gasteiger partial charge on any atom is -0.495 e. The largest absolute Gasteiger partial charge is 0.495 e. The molecular formula is C21H24N2O3. The summed E-state index contributed by atoms with van der Waals surface area (Å²) in [5.74, 6) is 0.770. The molecule has 0 saturated carbocycles. The van der Waals surface area contributed by atoms with Gasteiger partial charge in [-0.25, -0.2) is 4.79 Å². The molecule has 2 saturated heterocycles. The van der Waals surface area contributed by atoms with Gasteiger partial charge in [0.25, 0.3) is 0 Å². The number of carbonyl (C=O) groups is 1. The summed E-state index contributed by atoms with van der Waals surface area (Å²) < 4.78 is 10.8. The molecule has 0 radical (unpaired) electrons. The first-order valence-electron chi connectivity index (χ1n) is 9.32. The normalized spacial score (nSPS) is 33.0. The molecule has 3 aliphatic heterocycles. The van der Waals surface area contributed by atoms with Crippen molar-refractivity contribution in [1.29, 1.82) is 0 Å². The number of benzene rings is 1. The molecule has 3 atom stereocenters. The number of anilines is 1. The van der Waals surface area contributed by atoms with Gasteiger partial charge in [-0.1, -0.05) is 23.8 Å². The number of methoxy groups -OCH3 is 2. The maximum Gasteiger partial charge on any atom is 0.336 e. The Morgan fingerprint density at radius 1 is 1.38 bits per heavy atom. The molecular weight excluding hydrogens is 328 g/mol. The molecule has 0 amide bonds. The van der Waals surface area contributed by atoms with Gasteiger partial charge in [-0.05, 0) is 31.4 Å². The van der Waals surface area contributed by atoms with E-state index in [0.717, 1.165) is 48.6 Å². The molecule has 5 rings (SSSR count). The molecule has 136 valence electrons. The summed E-state index contributed by atoms with van der Waals surface area (Å²) in [4.78, 5) is 15.4. The second-order valence-electron chi connectivity index (χ2n) is 7.65.